The molecule has 0 saturated carbocycles. The average molecular weight is 282 g/mol. The first-order valence-corrected chi connectivity index (χ1v) is 6.89. The third kappa shape index (κ3) is 2.74. The number of nitrogens with zero attached hydrogens (tertiary/aromatic N) is 1. The van der Waals surface area contributed by atoms with E-state index in [1.165, 1.54) is 28.1 Å². The summed E-state index contributed by atoms with van der Waals surface area (Å²) in [6.07, 6.45) is 0. The normalized spacial score (nSPS) is 10.3. The molecule has 0 aromatic carbocycles. The Kier molecular flexibility index (Phi) is 3.73. The van der Waals surface area contributed by atoms with E-state index in [1.807, 2.05) is 12.3 Å². The fourth-order valence-corrected chi connectivity index (χ4v) is 2.87. The Hall–Kier alpha value is -1.73. The molecule has 0 saturated heterocycles. The van der Waals surface area contributed by atoms with Gasteiger partial charge in [-0.15, -0.1) is 11.3 Å². The minimum atomic E-state index is -1.06. The monoisotopic (exact) mass is 282 g/mol. The van der Waals surface area contributed by atoms with Gasteiger partial charge < -0.3 is 10.4 Å². The number of thiazole rings is 1. The van der Waals surface area contributed by atoms with Crippen LogP contribution >= 0.6 is 22.7 Å². The lowest BCUT2D eigenvalue weighted by Gasteiger charge is -2.01. The van der Waals surface area contributed by atoms with Crippen LogP contribution in [0.2, 0.25) is 0 Å². The largest absolute Gasteiger partial charge is 0.476 e. The molecule has 0 unspecified atom stereocenters. The van der Waals surface area contributed by atoms with Crippen molar-refractivity contribution in [2.24, 2.45) is 0 Å². The van der Waals surface area contributed by atoms with Gasteiger partial charge in [-0.3, -0.25) is 4.79 Å². The standard InChI is InChI=1S/C11H10N2O3S2/c1-6-3-17-4-7(6)10(14)12-2-9-13-8(5-18-9)11(15)16/h3-5H,2H2,1H3,(H,12,14)(H,15,16). The van der Waals surface area contributed by atoms with Crippen molar-refractivity contribution in [2.75, 3.05) is 0 Å². The molecule has 2 aromatic heterocycles. The lowest BCUT2D eigenvalue weighted by atomic mass is 10.2. The summed E-state index contributed by atoms with van der Waals surface area (Å²) in [5.41, 5.74) is 1.59. The molecule has 5 nitrogen and oxygen atoms in total. The van der Waals surface area contributed by atoms with Crippen molar-refractivity contribution in [3.8, 4) is 0 Å². The molecule has 2 heterocycles. The van der Waals surface area contributed by atoms with Gasteiger partial charge in [0.1, 0.15) is 5.01 Å². The van der Waals surface area contributed by atoms with Crippen LogP contribution in [0.15, 0.2) is 16.1 Å². The number of carbonyl (C=O) groups excluding carboxylic acids is 1. The zero-order valence-electron chi connectivity index (χ0n) is 9.47. The van der Waals surface area contributed by atoms with Gasteiger partial charge in [0, 0.05) is 10.8 Å². The van der Waals surface area contributed by atoms with E-state index >= 15 is 0 Å². The molecule has 0 spiro atoms. The van der Waals surface area contributed by atoms with Crippen molar-refractivity contribution in [2.45, 2.75) is 13.5 Å². The molecule has 0 aliphatic carbocycles. The van der Waals surface area contributed by atoms with Gasteiger partial charge in [0.25, 0.3) is 5.91 Å². The fourth-order valence-electron chi connectivity index (χ4n) is 1.33. The summed E-state index contributed by atoms with van der Waals surface area (Å²) in [7, 11) is 0. The zero-order valence-corrected chi connectivity index (χ0v) is 11.1. The maximum Gasteiger partial charge on any atom is 0.355 e. The van der Waals surface area contributed by atoms with Crippen LogP contribution < -0.4 is 5.32 Å². The Morgan fingerprint density at radius 1 is 1.39 bits per heavy atom. The third-order valence-corrected chi connectivity index (χ3v) is 3.98. The molecule has 2 aromatic rings. The summed E-state index contributed by atoms with van der Waals surface area (Å²) < 4.78 is 0. The number of carbonyl (C=O) groups is 2. The Morgan fingerprint density at radius 2 is 2.17 bits per heavy atom. The van der Waals surface area contributed by atoms with Crippen LogP contribution in [-0.2, 0) is 6.54 Å². The number of hydrogen-bond acceptors (Lipinski definition) is 5. The molecule has 1 amide bonds. The average Bonchev–Trinajstić information content (AvgIpc) is 2.94. The smallest absolute Gasteiger partial charge is 0.355 e. The van der Waals surface area contributed by atoms with Gasteiger partial charge in [-0.1, -0.05) is 0 Å². The highest BCUT2D eigenvalue weighted by Gasteiger charge is 2.12. The number of carboxylic acids is 1. The summed E-state index contributed by atoms with van der Waals surface area (Å²) in [6.45, 7) is 2.11. The van der Waals surface area contributed by atoms with Gasteiger partial charge in [0.2, 0.25) is 0 Å². The summed E-state index contributed by atoms with van der Waals surface area (Å²) in [5, 5.41) is 17.2. The number of aromatic carboxylic acids is 1. The van der Waals surface area contributed by atoms with Crippen molar-refractivity contribution >= 4 is 34.6 Å². The first-order chi connectivity index (χ1) is 8.58. The van der Waals surface area contributed by atoms with Crippen LogP contribution in [0.5, 0.6) is 0 Å². The van der Waals surface area contributed by atoms with E-state index in [0.29, 0.717) is 10.6 Å². The quantitative estimate of drug-likeness (QED) is 0.900. The third-order valence-electron chi connectivity index (χ3n) is 2.27. The van der Waals surface area contributed by atoms with E-state index in [9.17, 15) is 9.59 Å². The molecule has 7 heteroatoms. The second-order valence-corrected chi connectivity index (χ2v) is 5.27. The molecule has 0 fully saturated rings. The van der Waals surface area contributed by atoms with Crippen LogP contribution in [-0.4, -0.2) is 22.0 Å². The summed E-state index contributed by atoms with van der Waals surface area (Å²) in [5.74, 6) is -1.22. The minimum absolute atomic E-state index is 0.0102. The van der Waals surface area contributed by atoms with E-state index in [4.69, 9.17) is 5.11 Å². The summed E-state index contributed by atoms with van der Waals surface area (Å²) >= 11 is 2.69. The van der Waals surface area contributed by atoms with Crippen LogP contribution in [0.1, 0.15) is 31.4 Å². The number of thiophene rings is 1. The Morgan fingerprint density at radius 3 is 2.72 bits per heavy atom. The number of aromatic nitrogens is 1. The SMILES string of the molecule is Cc1cscc1C(=O)NCc1nc(C(=O)O)cs1. The molecular weight excluding hydrogens is 272 g/mol. The fraction of sp³-hybridized carbons (Fsp3) is 0.182. The minimum Gasteiger partial charge on any atom is -0.476 e. The van der Waals surface area contributed by atoms with Crippen molar-refractivity contribution in [3.63, 3.8) is 0 Å². The Bertz CT molecular complexity index is 589. The summed E-state index contributed by atoms with van der Waals surface area (Å²) in [4.78, 5) is 26.3. The van der Waals surface area contributed by atoms with Gasteiger partial charge in [-0.25, -0.2) is 9.78 Å². The van der Waals surface area contributed by atoms with E-state index in [1.54, 1.807) is 5.38 Å². The van der Waals surface area contributed by atoms with Crippen LogP contribution in [0.3, 0.4) is 0 Å². The highest BCUT2D eigenvalue weighted by molar-refractivity contribution is 7.09. The number of carboxylic acid groups (broad SMARTS) is 1. The van der Waals surface area contributed by atoms with E-state index in [0.717, 1.165) is 5.56 Å². The number of aryl methyl sites for hydroxylation is 1. The van der Waals surface area contributed by atoms with Crippen molar-refractivity contribution < 1.29 is 14.7 Å². The predicted molar refractivity (Wildman–Crippen MR) is 69.3 cm³/mol. The summed E-state index contributed by atoms with van der Waals surface area (Å²) in [6, 6.07) is 0. The maximum absolute atomic E-state index is 11.8. The van der Waals surface area contributed by atoms with Crippen LogP contribution in [0.25, 0.3) is 0 Å². The first kappa shape index (κ1) is 12.7. The van der Waals surface area contributed by atoms with Crippen LogP contribution in [0.4, 0.5) is 0 Å². The lowest BCUT2D eigenvalue weighted by Crippen LogP contribution is -2.22. The van der Waals surface area contributed by atoms with Crippen molar-refractivity contribution in [1.29, 1.82) is 0 Å². The first-order valence-electron chi connectivity index (χ1n) is 5.06. The van der Waals surface area contributed by atoms with Crippen molar-refractivity contribution in [1.82, 2.24) is 10.3 Å². The number of rotatable bonds is 4. The molecule has 18 heavy (non-hydrogen) atoms. The number of nitrogens with one attached hydrogen (secondary N) is 1. The molecule has 2 N–H and O–H groups in total. The van der Waals surface area contributed by atoms with E-state index in [-0.39, 0.29) is 18.1 Å². The predicted octanol–water partition coefficient (Wildman–Crippen LogP) is 2.14. The molecule has 0 aliphatic heterocycles. The maximum atomic E-state index is 11.8. The highest BCUT2D eigenvalue weighted by atomic mass is 32.1. The van der Waals surface area contributed by atoms with Gasteiger partial charge >= 0.3 is 5.97 Å². The molecule has 0 atom stereocenters. The molecular formula is C11H10N2O3S2. The second-order valence-electron chi connectivity index (χ2n) is 3.58. The second kappa shape index (κ2) is 5.28. The molecule has 2 rings (SSSR count). The Labute approximate surface area is 111 Å². The topological polar surface area (TPSA) is 79.3 Å². The molecule has 0 aliphatic rings. The number of amides is 1. The number of hydrogen-bond donors (Lipinski definition) is 2. The highest BCUT2D eigenvalue weighted by Crippen LogP contribution is 2.14. The van der Waals surface area contributed by atoms with Gasteiger partial charge in [0.15, 0.2) is 5.69 Å². The molecule has 0 radical (unpaired) electrons. The van der Waals surface area contributed by atoms with Gasteiger partial charge in [-0.05, 0) is 17.9 Å². The molecule has 94 valence electrons. The Balaban J connectivity index is 1.97. The lowest BCUT2D eigenvalue weighted by molar-refractivity contribution is 0.0691. The van der Waals surface area contributed by atoms with Gasteiger partial charge in [-0.2, -0.15) is 11.3 Å². The van der Waals surface area contributed by atoms with E-state index < -0.39 is 5.97 Å². The van der Waals surface area contributed by atoms with Crippen molar-refractivity contribution in [3.05, 3.63) is 38.0 Å². The van der Waals surface area contributed by atoms with E-state index in [2.05, 4.69) is 10.3 Å². The molecule has 0 bridgehead atoms. The zero-order chi connectivity index (χ0) is 13.1. The van der Waals surface area contributed by atoms with Crippen LogP contribution in [0, 0.1) is 6.92 Å². The van der Waals surface area contributed by atoms with Gasteiger partial charge in [0.05, 0.1) is 12.1 Å².